The zero-order valence-corrected chi connectivity index (χ0v) is 17.4. The second-order valence-corrected chi connectivity index (χ2v) is 8.79. The van der Waals surface area contributed by atoms with Crippen molar-refractivity contribution in [1.82, 2.24) is 0 Å². The quantitative estimate of drug-likeness (QED) is 0.321. The minimum atomic E-state index is -3.58. The molecule has 0 radical (unpaired) electrons. The van der Waals surface area contributed by atoms with Gasteiger partial charge in [-0.1, -0.05) is 68.3 Å². The Labute approximate surface area is 160 Å². The number of thioether (sulfide) groups is 1. The van der Waals surface area contributed by atoms with Crippen LogP contribution in [0, 0.1) is 0 Å². The van der Waals surface area contributed by atoms with Gasteiger partial charge >= 0.3 is 7.82 Å². The smallest absolute Gasteiger partial charge is 0.380 e. The number of benzene rings is 1. The molecule has 0 amide bonds. The standard InChI is InChI=1S/C18H29O6PS/c1-4-5-6-10-13-23-14-17(15-24-25(20,21-2)22-3)26-18(19)16-11-8-7-9-12-16/h7-9,11-12,17H,4-6,10,13-15H2,1-3H3/t17-/m1/s1. The third-order valence-corrected chi connectivity index (χ3v) is 6.01. The molecule has 8 heteroatoms. The number of unbranched alkanes of at least 4 members (excludes halogenated alkanes) is 3. The van der Waals surface area contributed by atoms with Gasteiger partial charge in [-0.15, -0.1) is 0 Å². The molecule has 0 aromatic heterocycles. The van der Waals surface area contributed by atoms with Gasteiger partial charge in [-0.05, 0) is 6.42 Å². The molecule has 148 valence electrons. The molecule has 0 aliphatic rings. The molecule has 1 atom stereocenters. The van der Waals surface area contributed by atoms with Crippen LogP contribution in [0.5, 0.6) is 0 Å². The molecule has 1 rings (SSSR count). The van der Waals surface area contributed by atoms with Crippen molar-refractivity contribution in [1.29, 1.82) is 0 Å². The molecule has 1 aromatic carbocycles. The number of ether oxygens (including phenoxy) is 1. The molecule has 0 unspecified atom stereocenters. The second-order valence-electron chi connectivity index (χ2n) is 5.64. The molecule has 1 aromatic rings. The summed E-state index contributed by atoms with van der Waals surface area (Å²) in [6, 6.07) is 9.00. The number of rotatable bonds is 14. The Balaban J connectivity index is 2.56. The average Bonchev–Trinajstić information content (AvgIpc) is 2.68. The van der Waals surface area contributed by atoms with Gasteiger partial charge in [0.15, 0.2) is 0 Å². The molecule has 0 aliphatic carbocycles. The molecule has 0 N–H and O–H groups in total. The fraction of sp³-hybridized carbons (Fsp3) is 0.611. The normalized spacial score (nSPS) is 12.9. The Kier molecular flexibility index (Phi) is 12.1. The van der Waals surface area contributed by atoms with Gasteiger partial charge in [0.1, 0.15) is 0 Å². The van der Waals surface area contributed by atoms with Gasteiger partial charge in [-0.25, -0.2) is 4.57 Å². The van der Waals surface area contributed by atoms with Gasteiger partial charge in [0, 0.05) is 26.4 Å². The van der Waals surface area contributed by atoms with Crippen molar-refractivity contribution in [2.45, 2.75) is 37.9 Å². The summed E-state index contributed by atoms with van der Waals surface area (Å²) >= 11 is 1.11. The van der Waals surface area contributed by atoms with Gasteiger partial charge in [-0.2, -0.15) is 0 Å². The second kappa shape index (κ2) is 13.5. The first kappa shape index (κ1) is 23.3. The summed E-state index contributed by atoms with van der Waals surface area (Å²) in [5.74, 6) is 0. The lowest BCUT2D eigenvalue weighted by Crippen LogP contribution is -2.21. The summed E-state index contributed by atoms with van der Waals surface area (Å²) in [6.07, 6.45) is 4.45. The van der Waals surface area contributed by atoms with Crippen molar-refractivity contribution in [3.05, 3.63) is 35.9 Å². The van der Waals surface area contributed by atoms with Crippen molar-refractivity contribution in [3.63, 3.8) is 0 Å². The van der Waals surface area contributed by atoms with Crippen LogP contribution in [0.2, 0.25) is 0 Å². The van der Waals surface area contributed by atoms with Gasteiger partial charge in [0.2, 0.25) is 5.12 Å². The molecule has 0 spiro atoms. The van der Waals surface area contributed by atoms with Crippen LogP contribution in [-0.4, -0.2) is 44.4 Å². The van der Waals surface area contributed by atoms with Crippen LogP contribution < -0.4 is 0 Å². The predicted molar refractivity (Wildman–Crippen MR) is 105 cm³/mol. The average molecular weight is 404 g/mol. The molecule has 0 saturated heterocycles. The van der Waals surface area contributed by atoms with E-state index >= 15 is 0 Å². The molecular formula is C18H29O6PS. The SMILES string of the molecule is CCCCCCOC[C@H](COP(=O)(OC)OC)SC(=O)c1ccccc1. The van der Waals surface area contributed by atoms with E-state index in [1.54, 1.807) is 12.1 Å². The highest BCUT2D eigenvalue weighted by Crippen LogP contribution is 2.48. The zero-order chi connectivity index (χ0) is 19.3. The molecule has 0 bridgehead atoms. The first-order valence-corrected chi connectivity index (χ1v) is 11.1. The number of phosphoric ester groups is 1. The lowest BCUT2D eigenvalue weighted by atomic mass is 10.2. The number of phosphoric acid groups is 1. The Morgan fingerprint density at radius 3 is 2.38 bits per heavy atom. The Morgan fingerprint density at radius 1 is 1.08 bits per heavy atom. The van der Waals surface area contributed by atoms with Crippen LogP contribution in [0.25, 0.3) is 0 Å². The molecule has 26 heavy (non-hydrogen) atoms. The summed E-state index contributed by atoms with van der Waals surface area (Å²) in [6.45, 7) is 3.13. The molecular weight excluding hydrogens is 375 g/mol. The summed E-state index contributed by atoms with van der Waals surface area (Å²) in [5, 5.41) is -0.397. The van der Waals surface area contributed by atoms with Crippen LogP contribution in [0.15, 0.2) is 30.3 Å². The van der Waals surface area contributed by atoms with E-state index in [1.807, 2.05) is 18.2 Å². The van der Waals surface area contributed by atoms with E-state index in [4.69, 9.17) is 18.3 Å². The molecule has 0 heterocycles. The maximum atomic E-state index is 12.4. The van der Waals surface area contributed by atoms with Crippen molar-refractivity contribution in [3.8, 4) is 0 Å². The van der Waals surface area contributed by atoms with E-state index in [0.717, 1.165) is 24.6 Å². The maximum Gasteiger partial charge on any atom is 0.474 e. The number of hydrogen-bond donors (Lipinski definition) is 0. The number of hydrogen-bond acceptors (Lipinski definition) is 7. The largest absolute Gasteiger partial charge is 0.474 e. The van der Waals surface area contributed by atoms with Crippen LogP contribution in [0.4, 0.5) is 0 Å². The third-order valence-electron chi connectivity index (χ3n) is 3.59. The highest BCUT2D eigenvalue weighted by atomic mass is 32.2. The molecule has 0 saturated carbocycles. The lowest BCUT2D eigenvalue weighted by Gasteiger charge is -2.19. The van der Waals surface area contributed by atoms with Crippen molar-refractivity contribution >= 4 is 24.7 Å². The van der Waals surface area contributed by atoms with Crippen molar-refractivity contribution in [2.75, 3.05) is 34.0 Å². The molecule has 0 aliphatic heterocycles. The van der Waals surface area contributed by atoms with E-state index in [-0.39, 0.29) is 17.0 Å². The van der Waals surface area contributed by atoms with Gasteiger partial charge < -0.3 is 4.74 Å². The summed E-state index contributed by atoms with van der Waals surface area (Å²) < 4.78 is 32.6. The van der Waals surface area contributed by atoms with Crippen LogP contribution in [-0.2, 0) is 22.9 Å². The fourth-order valence-electron chi connectivity index (χ4n) is 2.11. The number of carbonyl (C=O) groups is 1. The highest BCUT2D eigenvalue weighted by molar-refractivity contribution is 8.14. The van der Waals surface area contributed by atoms with Crippen molar-refractivity contribution in [2.24, 2.45) is 0 Å². The summed E-state index contributed by atoms with van der Waals surface area (Å²) in [7, 11) is -1.07. The minimum Gasteiger partial charge on any atom is -0.380 e. The maximum absolute atomic E-state index is 12.4. The van der Waals surface area contributed by atoms with E-state index in [0.29, 0.717) is 18.8 Å². The van der Waals surface area contributed by atoms with E-state index in [2.05, 4.69) is 6.92 Å². The van der Waals surface area contributed by atoms with Crippen molar-refractivity contribution < 1.29 is 27.7 Å². The minimum absolute atomic E-state index is 0.0250. The monoisotopic (exact) mass is 404 g/mol. The van der Waals surface area contributed by atoms with E-state index in [9.17, 15) is 9.36 Å². The highest BCUT2D eigenvalue weighted by Gasteiger charge is 2.26. The molecule has 6 nitrogen and oxygen atoms in total. The van der Waals surface area contributed by atoms with Crippen LogP contribution >= 0.6 is 19.6 Å². The van der Waals surface area contributed by atoms with Crippen LogP contribution in [0.1, 0.15) is 43.0 Å². The lowest BCUT2D eigenvalue weighted by molar-refractivity contribution is 0.102. The first-order chi connectivity index (χ1) is 12.5. The van der Waals surface area contributed by atoms with Gasteiger partial charge in [-0.3, -0.25) is 18.4 Å². The summed E-state index contributed by atoms with van der Waals surface area (Å²) in [4.78, 5) is 12.4. The zero-order valence-electron chi connectivity index (χ0n) is 15.7. The van der Waals surface area contributed by atoms with E-state index in [1.165, 1.54) is 27.1 Å². The number of carbonyl (C=O) groups excluding carboxylic acids is 1. The third kappa shape index (κ3) is 9.31. The molecule has 0 fully saturated rings. The Hall–Kier alpha value is -0.690. The Bertz CT molecular complexity index is 546. The first-order valence-electron chi connectivity index (χ1n) is 8.74. The van der Waals surface area contributed by atoms with Crippen LogP contribution in [0.3, 0.4) is 0 Å². The Morgan fingerprint density at radius 2 is 1.77 bits per heavy atom. The fourth-order valence-corrected chi connectivity index (χ4v) is 3.81. The predicted octanol–water partition coefficient (Wildman–Crippen LogP) is 4.94. The van der Waals surface area contributed by atoms with Gasteiger partial charge in [0.05, 0.1) is 18.5 Å². The van der Waals surface area contributed by atoms with E-state index < -0.39 is 7.82 Å². The van der Waals surface area contributed by atoms with Gasteiger partial charge in [0.25, 0.3) is 0 Å². The topological polar surface area (TPSA) is 71.1 Å². The summed E-state index contributed by atoms with van der Waals surface area (Å²) in [5.41, 5.74) is 0.604.